The molecule has 0 bridgehead atoms. The zero-order chi connectivity index (χ0) is 17.8. The fourth-order valence-corrected chi connectivity index (χ4v) is 3.52. The van der Waals surface area contributed by atoms with Crippen molar-refractivity contribution in [2.75, 3.05) is 13.7 Å². The van der Waals surface area contributed by atoms with E-state index in [1.54, 1.807) is 25.1 Å². The van der Waals surface area contributed by atoms with E-state index in [9.17, 15) is 0 Å². The molecule has 132 valence electrons. The van der Waals surface area contributed by atoms with E-state index in [-0.39, 0.29) is 0 Å². The normalized spacial score (nSPS) is 11.2. The van der Waals surface area contributed by atoms with E-state index in [0.717, 1.165) is 34.4 Å². The van der Waals surface area contributed by atoms with Crippen LogP contribution in [-0.4, -0.2) is 28.3 Å². The Labute approximate surface area is 152 Å². The number of hydrogen-bond donors (Lipinski definition) is 0. The Morgan fingerprint density at radius 1 is 1.12 bits per heavy atom. The SMILES string of the molecule is COCCn1c(SCc2coc(-c3ccc(C)cc3)n2)nc(C)c1C. The third-order valence-electron chi connectivity index (χ3n) is 4.14. The molecule has 0 N–H and O–H groups in total. The van der Waals surface area contributed by atoms with Crippen LogP contribution in [0.3, 0.4) is 0 Å². The van der Waals surface area contributed by atoms with Gasteiger partial charge in [-0.1, -0.05) is 29.5 Å². The van der Waals surface area contributed by atoms with Crippen molar-refractivity contribution in [3.05, 3.63) is 53.2 Å². The summed E-state index contributed by atoms with van der Waals surface area (Å²) in [5, 5.41) is 0.993. The highest BCUT2D eigenvalue weighted by Crippen LogP contribution is 2.26. The highest BCUT2D eigenvalue weighted by Gasteiger charge is 2.13. The number of thioether (sulfide) groups is 1. The van der Waals surface area contributed by atoms with Crippen molar-refractivity contribution in [1.82, 2.24) is 14.5 Å². The second-order valence-electron chi connectivity index (χ2n) is 6.01. The number of aryl methyl sites for hydroxylation is 2. The van der Waals surface area contributed by atoms with Crippen molar-refractivity contribution in [2.24, 2.45) is 0 Å². The van der Waals surface area contributed by atoms with Gasteiger partial charge in [-0.15, -0.1) is 0 Å². The van der Waals surface area contributed by atoms with E-state index < -0.39 is 0 Å². The van der Waals surface area contributed by atoms with Gasteiger partial charge in [-0.05, 0) is 32.9 Å². The molecule has 0 saturated heterocycles. The van der Waals surface area contributed by atoms with Crippen LogP contribution in [0.15, 0.2) is 40.1 Å². The number of rotatable bonds is 7. The van der Waals surface area contributed by atoms with E-state index in [1.807, 2.05) is 19.1 Å². The molecule has 25 heavy (non-hydrogen) atoms. The lowest BCUT2D eigenvalue weighted by molar-refractivity contribution is 0.184. The summed E-state index contributed by atoms with van der Waals surface area (Å²) in [6.45, 7) is 7.67. The molecule has 0 fully saturated rings. The van der Waals surface area contributed by atoms with Crippen LogP contribution in [0.5, 0.6) is 0 Å². The third kappa shape index (κ3) is 4.14. The molecule has 3 aromatic rings. The molecule has 6 heteroatoms. The summed E-state index contributed by atoms with van der Waals surface area (Å²) in [6, 6.07) is 8.18. The van der Waals surface area contributed by atoms with Gasteiger partial charge in [-0.2, -0.15) is 0 Å². The molecule has 0 atom stereocenters. The molecule has 0 aliphatic carbocycles. The number of benzene rings is 1. The largest absolute Gasteiger partial charge is 0.444 e. The number of nitrogens with zero attached hydrogens (tertiary/aromatic N) is 3. The van der Waals surface area contributed by atoms with Crippen LogP contribution < -0.4 is 0 Å². The predicted octanol–water partition coefficient (Wildman–Crippen LogP) is 4.40. The van der Waals surface area contributed by atoms with Crippen LogP contribution in [0.25, 0.3) is 11.5 Å². The Kier molecular flexibility index (Phi) is 5.60. The molecule has 0 unspecified atom stereocenters. The smallest absolute Gasteiger partial charge is 0.226 e. The lowest BCUT2D eigenvalue weighted by Gasteiger charge is -2.08. The third-order valence-corrected chi connectivity index (χ3v) is 5.15. The van der Waals surface area contributed by atoms with Crippen molar-refractivity contribution in [3.63, 3.8) is 0 Å². The van der Waals surface area contributed by atoms with Gasteiger partial charge in [-0.25, -0.2) is 9.97 Å². The van der Waals surface area contributed by atoms with Crippen molar-refractivity contribution in [3.8, 4) is 11.5 Å². The molecule has 0 spiro atoms. The average Bonchev–Trinajstić information content (AvgIpc) is 3.18. The van der Waals surface area contributed by atoms with Gasteiger partial charge < -0.3 is 13.7 Å². The lowest BCUT2D eigenvalue weighted by Crippen LogP contribution is -2.07. The van der Waals surface area contributed by atoms with Crippen LogP contribution >= 0.6 is 11.8 Å². The number of methoxy groups -OCH3 is 1. The first-order valence-electron chi connectivity index (χ1n) is 8.25. The summed E-state index contributed by atoms with van der Waals surface area (Å²) >= 11 is 1.67. The monoisotopic (exact) mass is 357 g/mol. The standard InChI is InChI=1S/C19H23N3O2S/c1-13-5-7-16(8-6-13)18-21-17(11-24-18)12-25-19-20-14(2)15(3)22(19)9-10-23-4/h5-8,11H,9-10,12H2,1-4H3. The summed E-state index contributed by atoms with van der Waals surface area (Å²) in [6.07, 6.45) is 1.73. The molecular weight excluding hydrogens is 334 g/mol. The predicted molar refractivity (Wildman–Crippen MR) is 99.8 cm³/mol. The lowest BCUT2D eigenvalue weighted by atomic mass is 10.1. The highest BCUT2D eigenvalue weighted by molar-refractivity contribution is 7.98. The minimum Gasteiger partial charge on any atom is -0.444 e. The van der Waals surface area contributed by atoms with Crippen LogP contribution in [0.1, 0.15) is 22.6 Å². The maximum atomic E-state index is 5.63. The summed E-state index contributed by atoms with van der Waals surface area (Å²) in [5.74, 6) is 1.38. The Hall–Kier alpha value is -2.05. The van der Waals surface area contributed by atoms with E-state index >= 15 is 0 Å². The van der Waals surface area contributed by atoms with Gasteiger partial charge in [0.15, 0.2) is 5.16 Å². The number of aromatic nitrogens is 3. The molecule has 0 aliphatic heterocycles. The molecule has 5 nitrogen and oxygen atoms in total. The first-order valence-corrected chi connectivity index (χ1v) is 9.24. The summed E-state index contributed by atoms with van der Waals surface area (Å²) in [7, 11) is 1.72. The van der Waals surface area contributed by atoms with E-state index in [2.05, 4.69) is 40.5 Å². The number of imidazole rings is 1. The van der Waals surface area contributed by atoms with Crippen LogP contribution in [0.2, 0.25) is 0 Å². The molecular formula is C19H23N3O2S. The molecule has 0 aliphatic rings. The van der Waals surface area contributed by atoms with Gasteiger partial charge in [0.05, 0.1) is 18.0 Å². The minimum absolute atomic E-state index is 0.658. The topological polar surface area (TPSA) is 53.1 Å². The molecule has 0 saturated carbocycles. The maximum Gasteiger partial charge on any atom is 0.226 e. The van der Waals surface area contributed by atoms with Crippen molar-refractivity contribution >= 4 is 11.8 Å². The Bertz CT molecular complexity index is 837. The van der Waals surface area contributed by atoms with Gasteiger partial charge in [0.1, 0.15) is 6.26 Å². The molecule has 2 heterocycles. The van der Waals surface area contributed by atoms with Gasteiger partial charge >= 0.3 is 0 Å². The molecule has 2 aromatic heterocycles. The number of ether oxygens (including phenoxy) is 1. The van der Waals surface area contributed by atoms with E-state index in [4.69, 9.17) is 9.15 Å². The van der Waals surface area contributed by atoms with Gasteiger partial charge in [0.2, 0.25) is 5.89 Å². The molecule has 0 amide bonds. The molecule has 1 aromatic carbocycles. The zero-order valence-electron chi connectivity index (χ0n) is 15.1. The Balaban J connectivity index is 1.70. The fraction of sp³-hybridized carbons (Fsp3) is 0.368. The Morgan fingerprint density at radius 2 is 1.88 bits per heavy atom. The summed E-state index contributed by atoms with van der Waals surface area (Å²) in [5.41, 5.74) is 5.37. The molecule has 0 radical (unpaired) electrons. The Morgan fingerprint density at radius 3 is 2.60 bits per heavy atom. The number of hydrogen-bond acceptors (Lipinski definition) is 5. The van der Waals surface area contributed by atoms with Crippen molar-refractivity contribution in [2.45, 2.75) is 38.2 Å². The van der Waals surface area contributed by atoms with E-state index in [0.29, 0.717) is 12.5 Å². The average molecular weight is 357 g/mol. The summed E-state index contributed by atoms with van der Waals surface area (Å²) < 4.78 is 13.0. The number of oxazole rings is 1. The van der Waals surface area contributed by atoms with Gasteiger partial charge in [0.25, 0.3) is 0 Å². The van der Waals surface area contributed by atoms with Crippen molar-refractivity contribution < 1.29 is 9.15 Å². The van der Waals surface area contributed by atoms with Crippen LogP contribution in [-0.2, 0) is 17.0 Å². The van der Waals surface area contributed by atoms with Crippen molar-refractivity contribution in [1.29, 1.82) is 0 Å². The van der Waals surface area contributed by atoms with E-state index in [1.165, 1.54) is 11.3 Å². The fourth-order valence-electron chi connectivity index (χ4n) is 2.52. The second-order valence-corrected chi connectivity index (χ2v) is 6.95. The first kappa shape index (κ1) is 17.8. The first-order chi connectivity index (χ1) is 12.1. The second kappa shape index (κ2) is 7.89. The van der Waals surface area contributed by atoms with Gasteiger partial charge in [-0.3, -0.25) is 0 Å². The molecule has 3 rings (SSSR count). The maximum absolute atomic E-state index is 5.63. The minimum atomic E-state index is 0.658. The zero-order valence-corrected chi connectivity index (χ0v) is 15.9. The highest BCUT2D eigenvalue weighted by atomic mass is 32.2. The quantitative estimate of drug-likeness (QED) is 0.587. The summed E-state index contributed by atoms with van der Waals surface area (Å²) in [4.78, 5) is 9.26. The van der Waals surface area contributed by atoms with Gasteiger partial charge in [0, 0.05) is 30.7 Å². The van der Waals surface area contributed by atoms with Crippen LogP contribution in [0.4, 0.5) is 0 Å². The van der Waals surface area contributed by atoms with Crippen LogP contribution in [0, 0.1) is 20.8 Å².